The number of nitrogens with one attached hydrogen (secondary N) is 1. The van der Waals surface area contributed by atoms with Crippen LogP contribution in [0, 0.1) is 6.92 Å². The summed E-state index contributed by atoms with van der Waals surface area (Å²) >= 11 is 1.09. The molecular formula is C16H17NO4S. The molecule has 0 saturated carbocycles. The highest BCUT2D eigenvalue weighted by molar-refractivity contribution is 7.12. The molecule has 0 saturated heterocycles. The van der Waals surface area contributed by atoms with Crippen LogP contribution in [0.5, 0.6) is 5.75 Å². The molecule has 1 amide bonds. The van der Waals surface area contributed by atoms with Crippen LogP contribution >= 0.6 is 11.3 Å². The molecule has 0 aliphatic rings. The van der Waals surface area contributed by atoms with E-state index < -0.39 is 5.97 Å². The Morgan fingerprint density at radius 1 is 1.32 bits per heavy atom. The summed E-state index contributed by atoms with van der Waals surface area (Å²) < 4.78 is 5.56. The van der Waals surface area contributed by atoms with E-state index in [9.17, 15) is 9.59 Å². The van der Waals surface area contributed by atoms with Gasteiger partial charge in [0.1, 0.15) is 10.6 Å². The van der Waals surface area contributed by atoms with Crippen molar-refractivity contribution in [1.82, 2.24) is 0 Å². The summed E-state index contributed by atoms with van der Waals surface area (Å²) in [4.78, 5) is 23.8. The largest absolute Gasteiger partial charge is 0.493 e. The number of carboxylic acids is 1. The van der Waals surface area contributed by atoms with Gasteiger partial charge in [-0.1, -0.05) is 19.1 Å². The predicted octanol–water partition coefficient (Wildman–Crippen LogP) is 3.80. The molecule has 0 radical (unpaired) electrons. The monoisotopic (exact) mass is 319 g/mol. The van der Waals surface area contributed by atoms with Gasteiger partial charge >= 0.3 is 5.97 Å². The number of thiophene rings is 1. The average Bonchev–Trinajstić information content (AvgIpc) is 2.86. The van der Waals surface area contributed by atoms with E-state index in [2.05, 4.69) is 5.32 Å². The molecule has 1 aromatic carbocycles. The van der Waals surface area contributed by atoms with Crippen molar-refractivity contribution in [3.8, 4) is 5.75 Å². The molecule has 116 valence electrons. The summed E-state index contributed by atoms with van der Waals surface area (Å²) in [5, 5.41) is 13.6. The molecule has 0 spiro atoms. The highest BCUT2D eigenvalue weighted by Gasteiger charge is 2.19. The zero-order chi connectivity index (χ0) is 16.1. The minimum Gasteiger partial charge on any atom is -0.493 e. The van der Waals surface area contributed by atoms with E-state index in [0.717, 1.165) is 23.3 Å². The highest BCUT2D eigenvalue weighted by Crippen LogP contribution is 2.29. The number of benzene rings is 1. The molecule has 6 heteroatoms. The first-order valence-corrected chi connectivity index (χ1v) is 7.77. The molecule has 0 fully saturated rings. The first kappa shape index (κ1) is 16.0. The van der Waals surface area contributed by atoms with Crippen molar-refractivity contribution in [1.29, 1.82) is 0 Å². The topological polar surface area (TPSA) is 75.6 Å². The zero-order valence-corrected chi connectivity index (χ0v) is 13.2. The number of aromatic carboxylic acids is 1. The summed E-state index contributed by atoms with van der Waals surface area (Å²) in [6.07, 6.45) is 0.836. The van der Waals surface area contributed by atoms with Gasteiger partial charge in [0.2, 0.25) is 0 Å². The number of carboxylic acid groups (broad SMARTS) is 1. The van der Waals surface area contributed by atoms with Gasteiger partial charge in [-0.2, -0.15) is 0 Å². The number of hydrogen-bond acceptors (Lipinski definition) is 4. The number of amides is 1. The van der Waals surface area contributed by atoms with Crippen LogP contribution < -0.4 is 10.1 Å². The summed E-state index contributed by atoms with van der Waals surface area (Å²) in [5.74, 6) is -0.939. The second-order valence-electron chi connectivity index (χ2n) is 4.73. The Bertz CT molecular complexity index is 693. The number of ether oxygens (including phenoxy) is 1. The number of para-hydroxylation sites is 1. The van der Waals surface area contributed by atoms with Gasteiger partial charge in [0, 0.05) is 0 Å². The Morgan fingerprint density at radius 2 is 2.05 bits per heavy atom. The number of aryl methyl sites for hydroxylation is 1. The van der Waals surface area contributed by atoms with Crippen LogP contribution in [0.2, 0.25) is 0 Å². The van der Waals surface area contributed by atoms with Crippen LogP contribution in [0.15, 0.2) is 29.6 Å². The number of carbonyl (C=O) groups excluding carboxylic acids is 1. The highest BCUT2D eigenvalue weighted by atomic mass is 32.1. The molecule has 0 bridgehead atoms. The van der Waals surface area contributed by atoms with Gasteiger partial charge in [-0.25, -0.2) is 4.79 Å². The van der Waals surface area contributed by atoms with Gasteiger partial charge in [0.05, 0.1) is 17.9 Å². The van der Waals surface area contributed by atoms with Crippen molar-refractivity contribution in [2.24, 2.45) is 0 Å². The van der Waals surface area contributed by atoms with Crippen molar-refractivity contribution in [3.05, 3.63) is 45.6 Å². The molecule has 2 N–H and O–H groups in total. The van der Waals surface area contributed by atoms with E-state index in [1.807, 2.05) is 6.92 Å². The number of anilines is 1. The van der Waals surface area contributed by atoms with Crippen molar-refractivity contribution in [3.63, 3.8) is 0 Å². The minimum atomic E-state index is -1.05. The SMILES string of the molecule is CCCOc1ccccc1C(=O)Nc1c(C)csc1C(=O)O. The summed E-state index contributed by atoms with van der Waals surface area (Å²) in [5.41, 5.74) is 1.45. The molecule has 1 heterocycles. The lowest BCUT2D eigenvalue weighted by atomic mass is 10.1. The van der Waals surface area contributed by atoms with Gasteiger partial charge in [-0.3, -0.25) is 4.79 Å². The number of hydrogen-bond donors (Lipinski definition) is 2. The Kier molecular flexibility index (Phi) is 5.16. The molecular weight excluding hydrogens is 302 g/mol. The first-order valence-electron chi connectivity index (χ1n) is 6.89. The lowest BCUT2D eigenvalue weighted by Crippen LogP contribution is -2.15. The maximum absolute atomic E-state index is 12.4. The molecule has 22 heavy (non-hydrogen) atoms. The lowest BCUT2D eigenvalue weighted by Gasteiger charge is -2.11. The van der Waals surface area contributed by atoms with Gasteiger partial charge in [0.25, 0.3) is 5.91 Å². The first-order chi connectivity index (χ1) is 10.5. The minimum absolute atomic E-state index is 0.123. The standard InChI is InChI=1S/C16H17NO4S/c1-3-8-21-12-7-5-4-6-11(12)15(18)17-13-10(2)9-22-14(13)16(19)20/h4-7,9H,3,8H2,1-2H3,(H,17,18)(H,19,20). The van der Waals surface area contributed by atoms with Crippen LogP contribution in [0.4, 0.5) is 5.69 Å². The number of carbonyl (C=O) groups is 2. The van der Waals surface area contributed by atoms with E-state index in [1.54, 1.807) is 36.6 Å². The zero-order valence-electron chi connectivity index (χ0n) is 12.4. The molecule has 0 aliphatic heterocycles. The predicted molar refractivity (Wildman–Crippen MR) is 86.2 cm³/mol. The van der Waals surface area contributed by atoms with Crippen molar-refractivity contribution >= 4 is 28.9 Å². The van der Waals surface area contributed by atoms with Crippen LogP contribution in [-0.4, -0.2) is 23.6 Å². The third-order valence-corrected chi connectivity index (χ3v) is 4.09. The smallest absolute Gasteiger partial charge is 0.348 e. The molecule has 2 rings (SSSR count). The lowest BCUT2D eigenvalue weighted by molar-refractivity contribution is 0.0703. The fourth-order valence-electron chi connectivity index (χ4n) is 1.93. The Balaban J connectivity index is 2.27. The van der Waals surface area contributed by atoms with E-state index in [-0.39, 0.29) is 10.8 Å². The summed E-state index contributed by atoms with van der Waals surface area (Å²) in [6, 6.07) is 6.91. The molecule has 1 aromatic heterocycles. The Morgan fingerprint density at radius 3 is 2.73 bits per heavy atom. The maximum atomic E-state index is 12.4. The molecule has 5 nitrogen and oxygen atoms in total. The third kappa shape index (κ3) is 3.46. The van der Waals surface area contributed by atoms with E-state index >= 15 is 0 Å². The van der Waals surface area contributed by atoms with Gasteiger partial charge in [-0.15, -0.1) is 11.3 Å². The van der Waals surface area contributed by atoms with Gasteiger partial charge < -0.3 is 15.2 Å². The van der Waals surface area contributed by atoms with Crippen molar-refractivity contribution < 1.29 is 19.4 Å². The van der Waals surface area contributed by atoms with Crippen LogP contribution in [-0.2, 0) is 0 Å². The maximum Gasteiger partial charge on any atom is 0.348 e. The second-order valence-corrected chi connectivity index (χ2v) is 5.61. The quantitative estimate of drug-likeness (QED) is 0.849. The van der Waals surface area contributed by atoms with Gasteiger partial charge in [0.15, 0.2) is 0 Å². The van der Waals surface area contributed by atoms with E-state index in [1.165, 1.54) is 0 Å². The summed E-state index contributed by atoms with van der Waals surface area (Å²) in [7, 11) is 0. The van der Waals surface area contributed by atoms with Crippen molar-refractivity contribution in [2.75, 3.05) is 11.9 Å². The molecule has 0 aliphatic carbocycles. The van der Waals surface area contributed by atoms with E-state index in [0.29, 0.717) is 23.6 Å². The Labute approximate surface area is 132 Å². The summed E-state index contributed by atoms with van der Waals surface area (Å²) in [6.45, 7) is 4.26. The molecule has 0 unspecified atom stereocenters. The van der Waals surface area contributed by atoms with Crippen molar-refractivity contribution in [2.45, 2.75) is 20.3 Å². The fraction of sp³-hybridized carbons (Fsp3) is 0.250. The second kappa shape index (κ2) is 7.09. The van der Waals surface area contributed by atoms with Crippen LogP contribution in [0.3, 0.4) is 0 Å². The fourth-order valence-corrected chi connectivity index (χ4v) is 2.77. The Hall–Kier alpha value is -2.34. The normalized spacial score (nSPS) is 10.3. The van der Waals surface area contributed by atoms with Crippen LogP contribution in [0.1, 0.15) is 38.9 Å². The van der Waals surface area contributed by atoms with Crippen LogP contribution in [0.25, 0.3) is 0 Å². The molecule has 2 aromatic rings. The number of rotatable bonds is 6. The van der Waals surface area contributed by atoms with Gasteiger partial charge in [-0.05, 0) is 36.4 Å². The third-order valence-electron chi connectivity index (χ3n) is 3.00. The van der Waals surface area contributed by atoms with E-state index in [4.69, 9.17) is 9.84 Å². The average molecular weight is 319 g/mol. The molecule has 0 atom stereocenters.